The van der Waals surface area contributed by atoms with Crippen molar-refractivity contribution in [2.45, 2.75) is 46.3 Å². The lowest BCUT2D eigenvalue weighted by molar-refractivity contribution is 0.198. The number of halogens is 1. The highest BCUT2D eigenvalue weighted by atomic mass is 79.9. The fraction of sp³-hybridized carbons (Fsp3) is 0.625. The molecule has 0 spiro atoms. The van der Waals surface area contributed by atoms with Gasteiger partial charge in [-0.1, -0.05) is 35.8 Å². The van der Waals surface area contributed by atoms with Gasteiger partial charge in [-0.15, -0.1) is 0 Å². The second-order valence-electron chi connectivity index (χ2n) is 6.09. The molecular weight excluding hydrogens is 302 g/mol. The fourth-order valence-electron chi connectivity index (χ4n) is 3.15. The minimum absolute atomic E-state index is 0.428. The van der Waals surface area contributed by atoms with E-state index in [1.54, 1.807) is 0 Å². The van der Waals surface area contributed by atoms with Gasteiger partial charge >= 0.3 is 0 Å². The molecule has 1 aliphatic rings. The van der Waals surface area contributed by atoms with Gasteiger partial charge in [-0.3, -0.25) is 0 Å². The zero-order valence-electron chi connectivity index (χ0n) is 12.2. The lowest BCUT2D eigenvalue weighted by Gasteiger charge is -2.43. The van der Waals surface area contributed by atoms with Gasteiger partial charge in [-0.2, -0.15) is 0 Å². The number of anilines is 1. The first kappa shape index (κ1) is 14.9. The molecule has 0 bridgehead atoms. The summed E-state index contributed by atoms with van der Waals surface area (Å²) in [6.45, 7) is 9.85. The van der Waals surface area contributed by atoms with E-state index in [1.165, 1.54) is 12.1 Å². The second-order valence-corrected chi connectivity index (χ2v) is 7.01. The first-order valence-electron chi connectivity index (χ1n) is 7.14. The molecule has 2 rings (SSSR count). The number of hydrogen-bond acceptors (Lipinski definition) is 2. The van der Waals surface area contributed by atoms with Gasteiger partial charge in [0, 0.05) is 28.3 Å². The molecule has 1 aromatic rings. The highest BCUT2D eigenvalue weighted by Gasteiger charge is 2.30. The van der Waals surface area contributed by atoms with E-state index in [9.17, 15) is 5.11 Å². The Morgan fingerprint density at radius 1 is 1.32 bits per heavy atom. The summed E-state index contributed by atoms with van der Waals surface area (Å²) in [5.41, 5.74) is 2.20. The monoisotopic (exact) mass is 325 g/mol. The quantitative estimate of drug-likeness (QED) is 0.872. The highest BCUT2D eigenvalue weighted by Crippen LogP contribution is 2.36. The van der Waals surface area contributed by atoms with Crippen molar-refractivity contribution in [3.63, 3.8) is 0 Å². The van der Waals surface area contributed by atoms with Gasteiger partial charge in [-0.05, 0) is 44.2 Å². The van der Waals surface area contributed by atoms with Crippen LogP contribution in [0.2, 0.25) is 0 Å². The van der Waals surface area contributed by atoms with Crippen LogP contribution in [0.3, 0.4) is 0 Å². The molecule has 0 aromatic heterocycles. The maximum Gasteiger partial charge on any atom is 0.0782 e. The molecule has 3 heteroatoms. The molecule has 4 unspecified atom stereocenters. The molecule has 1 aliphatic heterocycles. The molecule has 2 nitrogen and oxygen atoms in total. The average molecular weight is 326 g/mol. The number of aliphatic hydroxyl groups excluding tert-OH is 1. The number of nitrogens with zero attached hydrogens (tertiary/aromatic N) is 1. The van der Waals surface area contributed by atoms with E-state index in [1.807, 2.05) is 19.1 Å². The number of piperidine rings is 1. The summed E-state index contributed by atoms with van der Waals surface area (Å²) < 4.78 is 1.07. The lowest BCUT2D eigenvalue weighted by atomic mass is 9.85. The number of benzene rings is 1. The third-order valence-electron chi connectivity index (χ3n) is 4.35. The van der Waals surface area contributed by atoms with Crippen LogP contribution in [0.1, 0.15) is 45.8 Å². The molecule has 0 saturated carbocycles. The Morgan fingerprint density at radius 2 is 2.00 bits per heavy atom. The van der Waals surface area contributed by atoms with Gasteiger partial charge in [0.05, 0.1) is 6.10 Å². The standard InChI is InChI=1S/C16H24BrNO/c1-10-7-11(2)12(3)18(9-10)16-8-14(17)5-6-15(16)13(4)19/h5-6,8,10-13,19H,7,9H2,1-4H3. The fourth-order valence-corrected chi connectivity index (χ4v) is 3.50. The van der Waals surface area contributed by atoms with E-state index in [0.29, 0.717) is 17.9 Å². The Kier molecular flexibility index (Phi) is 4.57. The van der Waals surface area contributed by atoms with Crippen LogP contribution in [0, 0.1) is 11.8 Å². The largest absolute Gasteiger partial charge is 0.389 e. The van der Waals surface area contributed by atoms with Gasteiger partial charge in [0.1, 0.15) is 0 Å². The summed E-state index contributed by atoms with van der Waals surface area (Å²) in [6.07, 6.45) is 0.859. The zero-order chi connectivity index (χ0) is 14.2. The summed E-state index contributed by atoms with van der Waals surface area (Å²) in [4.78, 5) is 2.46. The number of rotatable bonds is 2. The third-order valence-corrected chi connectivity index (χ3v) is 4.84. The maximum absolute atomic E-state index is 10.0. The van der Waals surface area contributed by atoms with Gasteiger partial charge in [0.15, 0.2) is 0 Å². The van der Waals surface area contributed by atoms with Crippen LogP contribution in [0.4, 0.5) is 5.69 Å². The molecule has 0 amide bonds. The predicted octanol–water partition coefficient (Wildman–Crippen LogP) is 4.37. The van der Waals surface area contributed by atoms with Gasteiger partial charge in [-0.25, -0.2) is 0 Å². The Morgan fingerprint density at radius 3 is 2.63 bits per heavy atom. The lowest BCUT2D eigenvalue weighted by Crippen LogP contribution is -2.46. The van der Waals surface area contributed by atoms with E-state index in [2.05, 4.69) is 47.7 Å². The van der Waals surface area contributed by atoms with Gasteiger partial charge < -0.3 is 10.0 Å². The summed E-state index contributed by atoms with van der Waals surface area (Å²) in [5, 5.41) is 10.0. The molecule has 1 saturated heterocycles. The van der Waals surface area contributed by atoms with Crippen molar-refractivity contribution in [1.29, 1.82) is 0 Å². The molecule has 0 aliphatic carbocycles. The van der Waals surface area contributed by atoms with Crippen LogP contribution in [-0.2, 0) is 0 Å². The summed E-state index contributed by atoms with van der Waals surface area (Å²) >= 11 is 3.55. The van der Waals surface area contributed by atoms with E-state index in [0.717, 1.165) is 16.6 Å². The van der Waals surface area contributed by atoms with Crippen LogP contribution in [0.25, 0.3) is 0 Å². The Labute approximate surface area is 124 Å². The number of hydrogen-bond donors (Lipinski definition) is 1. The van der Waals surface area contributed by atoms with Gasteiger partial charge in [0.2, 0.25) is 0 Å². The topological polar surface area (TPSA) is 23.5 Å². The van der Waals surface area contributed by atoms with Crippen molar-refractivity contribution >= 4 is 21.6 Å². The number of aliphatic hydroxyl groups is 1. The van der Waals surface area contributed by atoms with Crippen molar-refractivity contribution in [2.24, 2.45) is 11.8 Å². The van der Waals surface area contributed by atoms with E-state index < -0.39 is 6.10 Å². The van der Waals surface area contributed by atoms with Crippen molar-refractivity contribution in [3.8, 4) is 0 Å². The van der Waals surface area contributed by atoms with E-state index in [-0.39, 0.29) is 0 Å². The zero-order valence-corrected chi connectivity index (χ0v) is 13.8. The highest BCUT2D eigenvalue weighted by molar-refractivity contribution is 9.10. The molecule has 1 aromatic carbocycles. The van der Waals surface area contributed by atoms with Crippen LogP contribution < -0.4 is 4.90 Å². The van der Waals surface area contributed by atoms with Crippen molar-refractivity contribution < 1.29 is 5.11 Å². The minimum atomic E-state index is -0.428. The first-order valence-corrected chi connectivity index (χ1v) is 7.93. The van der Waals surface area contributed by atoms with Crippen molar-refractivity contribution in [2.75, 3.05) is 11.4 Å². The van der Waals surface area contributed by atoms with Gasteiger partial charge in [0.25, 0.3) is 0 Å². The molecule has 106 valence electrons. The van der Waals surface area contributed by atoms with Crippen LogP contribution in [-0.4, -0.2) is 17.7 Å². The molecular formula is C16H24BrNO. The molecule has 0 radical (unpaired) electrons. The van der Waals surface area contributed by atoms with Crippen LogP contribution in [0.15, 0.2) is 22.7 Å². The second kappa shape index (κ2) is 5.84. The van der Waals surface area contributed by atoms with E-state index in [4.69, 9.17) is 0 Å². The van der Waals surface area contributed by atoms with Crippen molar-refractivity contribution in [1.82, 2.24) is 0 Å². The summed E-state index contributed by atoms with van der Waals surface area (Å²) in [5.74, 6) is 1.39. The molecule has 4 atom stereocenters. The normalized spacial score (nSPS) is 29.4. The average Bonchev–Trinajstić information content (AvgIpc) is 2.33. The van der Waals surface area contributed by atoms with E-state index >= 15 is 0 Å². The molecule has 1 N–H and O–H groups in total. The van der Waals surface area contributed by atoms with Crippen molar-refractivity contribution in [3.05, 3.63) is 28.2 Å². The van der Waals surface area contributed by atoms with Crippen LogP contribution in [0.5, 0.6) is 0 Å². The molecule has 1 fully saturated rings. The predicted molar refractivity (Wildman–Crippen MR) is 84.5 cm³/mol. The maximum atomic E-state index is 10.0. The Hall–Kier alpha value is -0.540. The third kappa shape index (κ3) is 3.14. The first-order chi connectivity index (χ1) is 8.90. The molecule has 1 heterocycles. The Balaban J connectivity index is 2.41. The minimum Gasteiger partial charge on any atom is -0.389 e. The molecule has 19 heavy (non-hydrogen) atoms. The Bertz CT molecular complexity index is 446. The smallest absolute Gasteiger partial charge is 0.0782 e. The SMILES string of the molecule is CC1CC(C)C(C)N(c2cc(Br)ccc2C(C)O)C1. The summed E-state index contributed by atoms with van der Waals surface area (Å²) in [7, 11) is 0. The van der Waals surface area contributed by atoms with Crippen LogP contribution >= 0.6 is 15.9 Å². The summed E-state index contributed by atoms with van der Waals surface area (Å²) in [6, 6.07) is 6.69.